The summed E-state index contributed by atoms with van der Waals surface area (Å²) in [6.07, 6.45) is 2.52. The van der Waals surface area contributed by atoms with Gasteiger partial charge < -0.3 is 14.2 Å². The second-order valence-corrected chi connectivity index (χ2v) is 7.88. The minimum Gasteiger partial charge on any atom is -0.494 e. The molecule has 1 saturated heterocycles. The highest BCUT2D eigenvalue weighted by atomic mass is 16.5. The van der Waals surface area contributed by atoms with Gasteiger partial charge >= 0.3 is 0 Å². The number of hydrogen-bond donors (Lipinski definition) is 0. The first kappa shape index (κ1) is 20.1. The Balaban J connectivity index is 1.46. The molecule has 2 aromatic carbocycles. The van der Waals surface area contributed by atoms with Crippen molar-refractivity contribution in [3.05, 3.63) is 59.5 Å². The fourth-order valence-corrected chi connectivity index (χ4v) is 3.67. The van der Waals surface area contributed by atoms with Crippen LogP contribution in [0.5, 0.6) is 5.75 Å². The Labute approximate surface area is 176 Å². The van der Waals surface area contributed by atoms with E-state index >= 15 is 0 Å². The molecule has 30 heavy (non-hydrogen) atoms. The molecule has 1 atom stereocenters. The molecule has 156 valence electrons. The van der Waals surface area contributed by atoms with Crippen molar-refractivity contribution < 1.29 is 14.1 Å². The SMILES string of the molecule is CCCCOc1ccc(-c2noc(C3CC(=O)N(c4cc(C)ccc4C)C3)n2)cc1. The highest BCUT2D eigenvalue weighted by molar-refractivity contribution is 5.97. The van der Waals surface area contributed by atoms with Gasteiger partial charge in [0.15, 0.2) is 0 Å². The lowest BCUT2D eigenvalue weighted by Crippen LogP contribution is -2.25. The molecule has 0 aliphatic carbocycles. The van der Waals surface area contributed by atoms with Gasteiger partial charge in [0.2, 0.25) is 17.6 Å². The number of benzene rings is 2. The van der Waals surface area contributed by atoms with Gasteiger partial charge in [0.1, 0.15) is 5.75 Å². The summed E-state index contributed by atoms with van der Waals surface area (Å²) >= 11 is 0. The molecule has 3 aromatic rings. The van der Waals surface area contributed by atoms with Crippen LogP contribution in [0.2, 0.25) is 0 Å². The largest absolute Gasteiger partial charge is 0.494 e. The van der Waals surface area contributed by atoms with Crippen molar-refractivity contribution in [3.8, 4) is 17.1 Å². The van der Waals surface area contributed by atoms with Crippen LogP contribution in [-0.2, 0) is 4.79 Å². The Morgan fingerprint density at radius 3 is 2.73 bits per heavy atom. The lowest BCUT2D eigenvalue weighted by atomic mass is 10.1. The first-order valence-corrected chi connectivity index (χ1v) is 10.5. The number of nitrogens with zero attached hydrogens (tertiary/aromatic N) is 3. The van der Waals surface area contributed by atoms with Crippen molar-refractivity contribution in [1.29, 1.82) is 0 Å². The minimum absolute atomic E-state index is 0.0852. The molecule has 6 heteroatoms. The zero-order valence-corrected chi connectivity index (χ0v) is 17.7. The number of rotatable bonds is 7. The van der Waals surface area contributed by atoms with E-state index in [1.54, 1.807) is 0 Å². The number of unbranched alkanes of at least 4 members (excludes halogenated alkanes) is 1. The molecule has 1 aromatic heterocycles. The Hall–Kier alpha value is -3.15. The third kappa shape index (κ3) is 4.22. The Morgan fingerprint density at radius 1 is 1.17 bits per heavy atom. The zero-order chi connectivity index (χ0) is 21.1. The summed E-state index contributed by atoms with van der Waals surface area (Å²) in [5.74, 6) is 1.86. The van der Waals surface area contributed by atoms with Gasteiger partial charge in [-0.2, -0.15) is 4.98 Å². The van der Waals surface area contributed by atoms with E-state index in [0.29, 0.717) is 24.7 Å². The van der Waals surface area contributed by atoms with E-state index in [0.717, 1.165) is 47.6 Å². The second-order valence-electron chi connectivity index (χ2n) is 7.88. The average Bonchev–Trinajstić information content (AvgIpc) is 3.38. The van der Waals surface area contributed by atoms with Gasteiger partial charge in [-0.15, -0.1) is 0 Å². The Bertz CT molecular complexity index is 1030. The molecule has 1 amide bonds. The van der Waals surface area contributed by atoms with Crippen molar-refractivity contribution in [2.24, 2.45) is 0 Å². The van der Waals surface area contributed by atoms with E-state index in [2.05, 4.69) is 29.2 Å². The van der Waals surface area contributed by atoms with Gasteiger partial charge in [-0.25, -0.2) is 0 Å². The van der Waals surface area contributed by atoms with E-state index < -0.39 is 0 Å². The number of anilines is 1. The van der Waals surface area contributed by atoms with E-state index in [1.807, 2.05) is 49.1 Å². The quantitative estimate of drug-likeness (QED) is 0.514. The molecule has 1 aliphatic heterocycles. The van der Waals surface area contributed by atoms with Crippen molar-refractivity contribution in [3.63, 3.8) is 0 Å². The third-order valence-corrected chi connectivity index (χ3v) is 5.45. The standard InChI is InChI=1S/C24H27N3O3/c1-4-5-12-29-20-10-8-18(9-11-20)23-25-24(30-26-23)19-14-22(28)27(15-19)21-13-16(2)6-7-17(21)3/h6-11,13,19H,4-5,12,14-15H2,1-3H3. The topological polar surface area (TPSA) is 68.5 Å². The molecule has 6 nitrogen and oxygen atoms in total. The number of aromatic nitrogens is 2. The highest BCUT2D eigenvalue weighted by Crippen LogP contribution is 2.34. The monoisotopic (exact) mass is 405 g/mol. The first-order valence-electron chi connectivity index (χ1n) is 10.5. The maximum atomic E-state index is 12.7. The summed E-state index contributed by atoms with van der Waals surface area (Å²) in [6.45, 7) is 7.46. The van der Waals surface area contributed by atoms with Crippen LogP contribution in [0.15, 0.2) is 47.0 Å². The van der Waals surface area contributed by atoms with Gasteiger partial charge in [0.25, 0.3) is 0 Å². The van der Waals surface area contributed by atoms with Crippen LogP contribution in [-0.4, -0.2) is 29.2 Å². The molecule has 0 N–H and O–H groups in total. The number of carbonyl (C=O) groups excluding carboxylic acids is 1. The number of ether oxygens (including phenoxy) is 1. The van der Waals surface area contributed by atoms with Gasteiger partial charge in [0, 0.05) is 24.2 Å². The number of amides is 1. The fraction of sp³-hybridized carbons (Fsp3) is 0.375. The third-order valence-electron chi connectivity index (χ3n) is 5.45. The average molecular weight is 405 g/mol. The molecular formula is C24H27N3O3. The first-order chi connectivity index (χ1) is 14.5. The van der Waals surface area contributed by atoms with Crippen LogP contribution >= 0.6 is 0 Å². The Kier molecular flexibility index (Phi) is 5.84. The highest BCUT2D eigenvalue weighted by Gasteiger charge is 2.35. The minimum atomic E-state index is -0.102. The van der Waals surface area contributed by atoms with Crippen LogP contribution < -0.4 is 9.64 Å². The molecule has 0 spiro atoms. The maximum absolute atomic E-state index is 12.7. The molecule has 0 radical (unpaired) electrons. The van der Waals surface area contributed by atoms with Crippen LogP contribution in [0, 0.1) is 13.8 Å². The van der Waals surface area contributed by atoms with Gasteiger partial charge in [-0.05, 0) is 61.7 Å². The summed E-state index contributed by atoms with van der Waals surface area (Å²) in [6, 6.07) is 13.9. The van der Waals surface area contributed by atoms with Crippen molar-refractivity contribution in [2.75, 3.05) is 18.1 Å². The lowest BCUT2D eigenvalue weighted by molar-refractivity contribution is -0.117. The molecule has 2 heterocycles. The summed E-state index contributed by atoms with van der Waals surface area (Å²) in [5.41, 5.74) is 4.04. The lowest BCUT2D eigenvalue weighted by Gasteiger charge is -2.19. The van der Waals surface area contributed by atoms with Gasteiger partial charge in [-0.1, -0.05) is 30.6 Å². The molecular weight excluding hydrogens is 378 g/mol. The predicted octanol–water partition coefficient (Wildman–Crippen LogP) is 5.05. The maximum Gasteiger partial charge on any atom is 0.232 e. The normalized spacial score (nSPS) is 16.3. The predicted molar refractivity (Wildman–Crippen MR) is 116 cm³/mol. The van der Waals surface area contributed by atoms with Crippen molar-refractivity contribution in [1.82, 2.24) is 10.1 Å². The zero-order valence-electron chi connectivity index (χ0n) is 17.7. The number of carbonyl (C=O) groups is 1. The molecule has 0 bridgehead atoms. The number of hydrogen-bond acceptors (Lipinski definition) is 5. The summed E-state index contributed by atoms with van der Waals surface area (Å²) in [4.78, 5) is 19.1. The summed E-state index contributed by atoms with van der Waals surface area (Å²) in [5, 5.41) is 4.13. The smallest absolute Gasteiger partial charge is 0.232 e. The van der Waals surface area contributed by atoms with E-state index in [1.165, 1.54) is 0 Å². The van der Waals surface area contributed by atoms with Gasteiger partial charge in [0.05, 0.1) is 12.5 Å². The summed E-state index contributed by atoms with van der Waals surface area (Å²) < 4.78 is 11.2. The van der Waals surface area contributed by atoms with Gasteiger partial charge in [-0.3, -0.25) is 4.79 Å². The van der Waals surface area contributed by atoms with Crippen molar-refractivity contribution in [2.45, 2.75) is 46.0 Å². The molecule has 1 fully saturated rings. The molecule has 1 aliphatic rings. The molecule has 0 saturated carbocycles. The van der Waals surface area contributed by atoms with Crippen LogP contribution in [0.4, 0.5) is 5.69 Å². The van der Waals surface area contributed by atoms with Crippen LogP contribution in [0.25, 0.3) is 11.4 Å². The van der Waals surface area contributed by atoms with E-state index in [4.69, 9.17) is 9.26 Å². The molecule has 4 rings (SSSR count). The Morgan fingerprint density at radius 2 is 1.97 bits per heavy atom. The number of aryl methyl sites for hydroxylation is 2. The van der Waals surface area contributed by atoms with E-state index in [-0.39, 0.29) is 11.8 Å². The van der Waals surface area contributed by atoms with Crippen LogP contribution in [0.3, 0.4) is 0 Å². The van der Waals surface area contributed by atoms with Crippen LogP contribution in [0.1, 0.15) is 49.1 Å². The second kappa shape index (κ2) is 8.69. The summed E-state index contributed by atoms with van der Waals surface area (Å²) in [7, 11) is 0. The fourth-order valence-electron chi connectivity index (χ4n) is 3.67. The molecule has 1 unspecified atom stereocenters. The van der Waals surface area contributed by atoms with Crippen molar-refractivity contribution >= 4 is 11.6 Å². The van der Waals surface area contributed by atoms with E-state index in [9.17, 15) is 4.79 Å².